The van der Waals surface area contributed by atoms with Crippen molar-refractivity contribution in [1.82, 2.24) is 19.8 Å². The third-order valence-corrected chi connectivity index (χ3v) is 6.62. The van der Waals surface area contributed by atoms with Gasteiger partial charge in [0.1, 0.15) is 6.54 Å². The number of methoxy groups -OCH3 is 2. The van der Waals surface area contributed by atoms with E-state index in [4.69, 9.17) is 9.47 Å². The SMILES string of the molecule is CNC(=O)c1ccc(Cn2c(=O)c3cc(OC)c(OC)cc3n(CC(=O)NCCCc3ccccc3)c2=O)cc1. The summed E-state index contributed by atoms with van der Waals surface area (Å²) in [7, 11) is 4.44. The smallest absolute Gasteiger partial charge is 0.332 e. The van der Waals surface area contributed by atoms with E-state index in [9.17, 15) is 19.2 Å². The van der Waals surface area contributed by atoms with Crippen molar-refractivity contribution >= 4 is 22.7 Å². The van der Waals surface area contributed by atoms with Crippen LogP contribution in [0.25, 0.3) is 10.9 Å². The molecule has 0 saturated heterocycles. The highest BCUT2D eigenvalue weighted by Gasteiger charge is 2.19. The number of carbonyl (C=O) groups excluding carboxylic acids is 2. The van der Waals surface area contributed by atoms with Gasteiger partial charge in [0.2, 0.25) is 5.91 Å². The van der Waals surface area contributed by atoms with Gasteiger partial charge < -0.3 is 20.1 Å². The first-order valence-corrected chi connectivity index (χ1v) is 12.9. The highest BCUT2D eigenvalue weighted by atomic mass is 16.5. The second-order valence-electron chi connectivity index (χ2n) is 9.20. The topological polar surface area (TPSA) is 121 Å². The number of hydrogen-bond donors (Lipinski definition) is 2. The molecular weight excluding hydrogens is 512 g/mol. The van der Waals surface area contributed by atoms with Crippen LogP contribution in [0.1, 0.15) is 27.9 Å². The Morgan fingerprint density at radius 2 is 1.52 bits per heavy atom. The molecule has 10 heteroatoms. The Morgan fingerprint density at radius 3 is 2.17 bits per heavy atom. The lowest BCUT2D eigenvalue weighted by Gasteiger charge is -2.16. The number of carbonyl (C=O) groups is 2. The monoisotopic (exact) mass is 544 g/mol. The molecule has 4 aromatic rings. The minimum absolute atomic E-state index is 0.0470. The lowest BCUT2D eigenvalue weighted by molar-refractivity contribution is -0.121. The van der Waals surface area contributed by atoms with Crippen molar-refractivity contribution in [2.24, 2.45) is 0 Å². The molecule has 0 fully saturated rings. The first-order chi connectivity index (χ1) is 19.4. The Labute approximate surface area is 231 Å². The zero-order chi connectivity index (χ0) is 28.6. The molecule has 0 atom stereocenters. The van der Waals surface area contributed by atoms with Crippen LogP contribution in [0.15, 0.2) is 76.3 Å². The van der Waals surface area contributed by atoms with Crippen molar-refractivity contribution in [2.45, 2.75) is 25.9 Å². The van der Waals surface area contributed by atoms with Crippen LogP contribution in [0, 0.1) is 0 Å². The highest BCUT2D eigenvalue weighted by molar-refractivity contribution is 5.94. The maximum atomic E-state index is 13.6. The number of aromatic nitrogens is 2. The van der Waals surface area contributed by atoms with E-state index in [1.807, 2.05) is 30.3 Å². The molecule has 3 aromatic carbocycles. The number of rotatable bonds is 11. The van der Waals surface area contributed by atoms with E-state index in [2.05, 4.69) is 10.6 Å². The third-order valence-electron chi connectivity index (χ3n) is 6.62. The van der Waals surface area contributed by atoms with Crippen LogP contribution in [0.2, 0.25) is 0 Å². The molecule has 10 nitrogen and oxygen atoms in total. The van der Waals surface area contributed by atoms with E-state index < -0.39 is 11.2 Å². The van der Waals surface area contributed by atoms with Crippen molar-refractivity contribution in [3.8, 4) is 11.5 Å². The fourth-order valence-electron chi connectivity index (χ4n) is 4.49. The average Bonchev–Trinajstić information content (AvgIpc) is 2.99. The lowest BCUT2D eigenvalue weighted by atomic mass is 10.1. The summed E-state index contributed by atoms with van der Waals surface area (Å²) < 4.78 is 13.1. The van der Waals surface area contributed by atoms with E-state index >= 15 is 0 Å². The fourth-order valence-corrected chi connectivity index (χ4v) is 4.49. The summed E-state index contributed by atoms with van der Waals surface area (Å²) in [5.74, 6) is 0.0523. The Balaban J connectivity index is 1.66. The van der Waals surface area contributed by atoms with E-state index in [0.29, 0.717) is 29.2 Å². The van der Waals surface area contributed by atoms with E-state index in [0.717, 1.165) is 17.4 Å². The maximum Gasteiger partial charge on any atom is 0.332 e. The number of nitrogens with one attached hydrogen (secondary N) is 2. The molecule has 2 N–H and O–H groups in total. The predicted octanol–water partition coefficient (Wildman–Crippen LogP) is 2.34. The molecule has 1 aromatic heterocycles. The summed E-state index contributed by atoms with van der Waals surface area (Å²) in [4.78, 5) is 52.0. The van der Waals surface area contributed by atoms with Crippen LogP contribution in [0.3, 0.4) is 0 Å². The van der Waals surface area contributed by atoms with Crippen LogP contribution in [0.5, 0.6) is 11.5 Å². The molecule has 0 radical (unpaired) electrons. The molecule has 0 spiro atoms. The predicted molar refractivity (Wildman–Crippen MR) is 152 cm³/mol. The number of benzene rings is 3. The Bertz CT molecular complexity index is 1630. The van der Waals surface area contributed by atoms with E-state index in [-0.39, 0.29) is 35.8 Å². The summed E-state index contributed by atoms with van der Waals surface area (Å²) >= 11 is 0. The van der Waals surface area contributed by atoms with Gasteiger partial charge in [-0.15, -0.1) is 0 Å². The van der Waals surface area contributed by atoms with Crippen molar-refractivity contribution < 1.29 is 19.1 Å². The summed E-state index contributed by atoms with van der Waals surface area (Å²) in [6.45, 7) is 0.107. The summed E-state index contributed by atoms with van der Waals surface area (Å²) in [6, 6.07) is 19.6. The number of ether oxygens (including phenoxy) is 2. The van der Waals surface area contributed by atoms with Crippen molar-refractivity contribution in [3.05, 3.63) is 104 Å². The number of hydrogen-bond acceptors (Lipinski definition) is 6. The Hall–Kier alpha value is -4.86. The zero-order valence-corrected chi connectivity index (χ0v) is 22.7. The second kappa shape index (κ2) is 12.8. The van der Waals surface area contributed by atoms with E-state index in [1.54, 1.807) is 24.3 Å². The molecule has 0 unspecified atom stereocenters. The molecule has 4 rings (SSSR count). The largest absolute Gasteiger partial charge is 0.493 e. The molecule has 40 heavy (non-hydrogen) atoms. The first-order valence-electron chi connectivity index (χ1n) is 12.9. The summed E-state index contributed by atoms with van der Waals surface area (Å²) in [5, 5.41) is 5.63. The minimum Gasteiger partial charge on any atom is -0.493 e. The van der Waals surface area contributed by atoms with Gasteiger partial charge in [0.05, 0.1) is 31.7 Å². The van der Waals surface area contributed by atoms with Crippen LogP contribution >= 0.6 is 0 Å². The summed E-state index contributed by atoms with van der Waals surface area (Å²) in [5.41, 5.74) is 1.36. The van der Waals surface area contributed by atoms with Gasteiger partial charge in [-0.05, 0) is 42.2 Å². The van der Waals surface area contributed by atoms with Crippen LogP contribution in [-0.4, -0.2) is 48.8 Å². The molecule has 0 saturated carbocycles. The summed E-state index contributed by atoms with van der Waals surface area (Å²) in [6.07, 6.45) is 1.55. The highest BCUT2D eigenvalue weighted by Crippen LogP contribution is 2.30. The van der Waals surface area contributed by atoms with Gasteiger partial charge in [-0.2, -0.15) is 0 Å². The molecule has 2 amide bonds. The zero-order valence-electron chi connectivity index (χ0n) is 22.7. The van der Waals surface area contributed by atoms with Gasteiger partial charge >= 0.3 is 5.69 Å². The normalized spacial score (nSPS) is 10.8. The Morgan fingerprint density at radius 1 is 0.850 bits per heavy atom. The molecule has 1 heterocycles. The van der Waals surface area contributed by atoms with Crippen LogP contribution in [-0.2, 0) is 24.3 Å². The van der Waals surface area contributed by atoms with Crippen molar-refractivity contribution in [2.75, 3.05) is 27.8 Å². The molecule has 0 bridgehead atoms. The standard InChI is InChI=1S/C30H32N4O6/c1-31-28(36)22-13-11-21(12-14-22)18-34-29(37)23-16-25(39-2)26(40-3)17-24(23)33(30(34)38)19-27(35)32-15-7-10-20-8-5-4-6-9-20/h4-6,8-9,11-14,16-17H,7,10,15,18-19H2,1-3H3,(H,31,36)(H,32,35). The third kappa shape index (κ3) is 6.23. The molecule has 208 valence electrons. The van der Waals surface area contributed by atoms with Gasteiger partial charge in [-0.1, -0.05) is 42.5 Å². The minimum atomic E-state index is -0.639. The van der Waals surface area contributed by atoms with E-state index in [1.165, 1.54) is 43.5 Å². The molecule has 0 aliphatic carbocycles. The average molecular weight is 545 g/mol. The van der Waals surface area contributed by atoms with Gasteiger partial charge in [0.15, 0.2) is 11.5 Å². The van der Waals surface area contributed by atoms with Crippen LogP contribution in [0.4, 0.5) is 0 Å². The number of amides is 2. The molecular formula is C30H32N4O6. The fraction of sp³-hybridized carbons (Fsp3) is 0.267. The Kier molecular flexibility index (Phi) is 9.00. The van der Waals surface area contributed by atoms with Gasteiger partial charge in [0, 0.05) is 25.2 Å². The van der Waals surface area contributed by atoms with Crippen molar-refractivity contribution in [3.63, 3.8) is 0 Å². The number of fused-ring (bicyclic) bond motifs is 1. The second-order valence-corrected chi connectivity index (χ2v) is 9.20. The maximum absolute atomic E-state index is 13.6. The number of nitrogens with zero attached hydrogens (tertiary/aromatic N) is 2. The van der Waals surface area contributed by atoms with Gasteiger partial charge in [0.25, 0.3) is 11.5 Å². The van der Waals surface area contributed by atoms with Crippen LogP contribution < -0.4 is 31.4 Å². The van der Waals surface area contributed by atoms with Gasteiger partial charge in [-0.25, -0.2) is 4.79 Å². The van der Waals surface area contributed by atoms with Gasteiger partial charge in [-0.3, -0.25) is 23.5 Å². The van der Waals surface area contributed by atoms with Crippen molar-refractivity contribution in [1.29, 1.82) is 0 Å². The number of aryl methyl sites for hydroxylation is 1. The first kappa shape index (κ1) is 28.2. The quantitative estimate of drug-likeness (QED) is 0.280. The molecule has 0 aliphatic heterocycles. The molecule has 0 aliphatic rings. The lowest BCUT2D eigenvalue weighted by Crippen LogP contribution is -2.43.